The quantitative estimate of drug-likeness (QED) is 0.185. The number of hydrogen-bond donors (Lipinski definition) is 0. The zero-order chi connectivity index (χ0) is 33.0. The van der Waals surface area contributed by atoms with E-state index in [0.29, 0.717) is 17.5 Å². The molecule has 0 fully saturated rings. The van der Waals surface area contributed by atoms with Gasteiger partial charge in [-0.05, 0) is 65.7 Å². The van der Waals surface area contributed by atoms with Crippen molar-refractivity contribution in [2.24, 2.45) is 0 Å². The zero-order valence-corrected chi connectivity index (χ0v) is 27.7. The number of hydrogen-bond acceptors (Lipinski definition) is 4. The number of benzene rings is 7. The smallest absolute Gasteiger partial charge is 0.164 e. The molecule has 10 aromatic rings. The third-order valence-corrected chi connectivity index (χ3v) is 10.6. The maximum Gasteiger partial charge on any atom is 0.164 e. The van der Waals surface area contributed by atoms with Crippen molar-refractivity contribution in [2.75, 3.05) is 0 Å². The lowest BCUT2D eigenvalue weighted by molar-refractivity contribution is 1.07. The lowest BCUT2D eigenvalue weighted by atomic mass is 10.0. The maximum absolute atomic E-state index is 5.09. The second kappa shape index (κ2) is 11.6. The first-order valence-electron chi connectivity index (χ1n) is 16.7. The molecule has 0 aliphatic rings. The molecule has 0 unspecified atom stereocenters. The van der Waals surface area contributed by atoms with Crippen molar-refractivity contribution in [3.8, 4) is 51.0 Å². The molecule has 0 radical (unpaired) electrons. The first-order valence-corrected chi connectivity index (χ1v) is 17.5. The Kier molecular flexibility index (Phi) is 6.64. The van der Waals surface area contributed by atoms with Crippen LogP contribution < -0.4 is 0 Å². The second-order valence-corrected chi connectivity index (χ2v) is 13.6. The van der Waals surface area contributed by atoms with Gasteiger partial charge in [0.25, 0.3) is 0 Å². The van der Waals surface area contributed by atoms with Crippen LogP contribution in [0, 0.1) is 0 Å². The summed E-state index contributed by atoms with van der Waals surface area (Å²) in [4.78, 5) is 15.1. The Bertz CT molecular complexity index is 2810. The van der Waals surface area contributed by atoms with Gasteiger partial charge < -0.3 is 4.57 Å². The Morgan fingerprint density at radius 3 is 1.58 bits per heavy atom. The van der Waals surface area contributed by atoms with E-state index >= 15 is 0 Å². The summed E-state index contributed by atoms with van der Waals surface area (Å²) in [6.07, 6.45) is 0. The molecular weight excluding hydrogens is 629 g/mol. The number of rotatable bonds is 5. The topological polar surface area (TPSA) is 43.6 Å². The first kappa shape index (κ1) is 28.6. The predicted molar refractivity (Wildman–Crippen MR) is 209 cm³/mol. The van der Waals surface area contributed by atoms with E-state index in [4.69, 9.17) is 15.0 Å². The molecule has 0 saturated carbocycles. The summed E-state index contributed by atoms with van der Waals surface area (Å²) in [5, 5.41) is 4.99. The van der Waals surface area contributed by atoms with E-state index in [1.54, 1.807) is 0 Å². The van der Waals surface area contributed by atoms with Crippen LogP contribution in [-0.4, -0.2) is 19.5 Å². The average Bonchev–Trinajstić information content (AvgIpc) is 3.74. The molecule has 3 heterocycles. The van der Waals surface area contributed by atoms with E-state index in [2.05, 4.69) is 144 Å². The molecule has 0 atom stereocenters. The van der Waals surface area contributed by atoms with Gasteiger partial charge in [0.1, 0.15) is 0 Å². The first-order chi connectivity index (χ1) is 24.8. The molecular formula is C45H28N4S. The number of para-hydroxylation sites is 2. The van der Waals surface area contributed by atoms with Crippen LogP contribution in [0.3, 0.4) is 0 Å². The van der Waals surface area contributed by atoms with Crippen LogP contribution in [0.5, 0.6) is 0 Å². The summed E-state index contributed by atoms with van der Waals surface area (Å²) in [6.45, 7) is 0. The van der Waals surface area contributed by atoms with Crippen molar-refractivity contribution < 1.29 is 0 Å². The molecule has 10 rings (SSSR count). The summed E-state index contributed by atoms with van der Waals surface area (Å²) < 4.78 is 4.88. The lowest BCUT2D eigenvalue weighted by Gasteiger charge is -2.11. The van der Waals surface area contributed by atoms with Crippen LogP contribution in [0.1, 0.15) is 0 Å². The Morgan fingerprint density at radius 1 is 0.340 bits per heavy atom. The number of thiophene rings is 1. The third kappa shape index (κ3) is 4.79. The molecule has 0 N–H and O–H groups in total. The van der Waals surface area contributed by atoms with Gasteiger partial charge in [-0.3, -0.25) is 0 Å². The van der Waals surface area contributed by atoms with E-state index in [9.17, 15) is 0 Å². The van der Waals surface area contributed by atoms with Crippen molar-refractivity contribution >= 4 is 53.3 Å². The van der Waals surface area contributed by atoms with Gasteiger partial charge in [-0.1, -0.05) is 115 Å². The normalized spacial score (nSPS) is 11.6. The average molecular weight is 657 g/mol. The van der Waals surface area contributed by atoms with Gasteiger partial charge >= 0.3 is 0 Å². The van der Waals surface area contributed by atoms with E-state index in [1.807, 2.05) is 41.7 Å². The van der Waals surface area contributed by atoms with Gasteiger partial charge in [0.2, 0.25) is 0 Å². The molecule has 7 aromatic carbocycles. The standard InChI is InChI=1S/C45H28N4S/c1-2-11-30(12-3-1)43-46-44(48-45(47-43)33-23-26-42-38(28-33)37-17-6-9-20-41(37)50-42)32-14-10-13-31(27-32)29-21-24-34(25-22-29)49-39-18-7-4-15-35(39)36-16-5-8-19-40(36)49/h1-28H. The Labute approximate surface area is 292 Å². The summed E-state index contributed by atoms with van der Waals surface area (Å²) in [7, 11) is 0. The molecule has 0 amide bonds. The molecule has 50 heavy (non-hydrogen) atoms. The van der Waals surface area contributed by atoms with Gasteiger partial charge in [0, 0.05) is 53.3 Å². The molecule has 234 valence electrons. The highest BCUT2D eigenvalue weighted by molar-refractivity contribution is 7.25. The molecule has 0 aliphatic heterocycles. The molecule has 0 saturated heterocycles. The minimum absolute atomic E-state index is 0.646. The molecule has 3 aromatic heterocycles. The molecule has 0 aliphatic carbocycles. The van der Waals surface area contributed by atoms with Gasteiger partial charge in [-0.25, -0.2) is 15.0 Å². The summed E-state index contributed by atoms with van der Waals surface area (Å²) in [5.41, 5.74) is 8.64. The van der Waals surface area contributed by atoms with E-state index in [1.165, 1.54) is 42.0 Å². The van der Waals surface area contributed by atoms with Crippen LogP contribution >= 0.6 is 11.3 Å². The summed E-state index contributed by atoms with van der Waals surface area (Å²) in [6, 6.07) is 59.8. The van der Waals surface area contributed by atoms with E-state index in [0.717, 1.165) is 33.5 Å². The number of nitrogens with zero attached hydrogens (tertiary/aromatic N) is 4. The van der Waals surface area contributed by atoms with E-state index in [-0.39, 0.29) is 0 Å². The summed E-state index contributed by atoms with van der Waals surface area (Å²) in [5.74, 6) is 1.96. The summed E-state index contributed by atoms with van der Waals surface area (Å²) >= 11 is 1.81. The van der Waals surface area contributed by atoms with Crippen LogP contribution in [0.2, 0.25) is 0 Å². The fourth-order valence-corrected chi connectivity index (χ4v) is 8.14. The van der Waals surface area contributed by atoms with E-state index < -0.39 is 0 Å². The molecule has 5 heteroatoms. The molecule has 0 spiro atoms. The van der Waals surface area contributed by atoms with Gasteiger partial charge in [0.15, 0.2) is 17.5 Å². The number of fused-ring (bicyclic) bond motifs is 6. The van der Waals surface area contributed by atoms with Gasteiger partial charge in [-0.15, -0.1) is 11.3 Å². The van der Waals surface area contributed by atoms with Crippen molar-refractivity contribution in [2.45, 2.75) is 0 Å². The zero-order valence-electron chi connectivity index (χ0n) is 26.9. The highest BCUT2D eigenvalue weighted by Crippen LogP contribution is 2.37. The second-order valence-electron chi connectivity index (χ2n) is 12.5. The van der Waals surface area contributed by atoms with Crippen molar-refractivity contribution in [1.82, 2.24) is 19.5 Å². The monoisotopic (exact) mass is 656 g/mol. The van der Waals surface area contributed by atoms with Crippen molar-refractivity contribution in [3.05, 3.63) is 170 Å². The Hall–Kier alpha value is -6.43. The third-order valence-electron chi connectivity index (χ3n) is 9.46. The van der Waals surface area contributed by atoms with Crippen LogP contribution in [0.25, 0.3) is 93.0 Å². The Morgan fingerprint density at radius 2 is 0.860 bits per heavy atom. The fourth-order valence-electron chi connectivity index (χ4n) is 7.06. The molecule has 0 bridgehead atoms. The fraction of sp³-hybridized carbons (Fsp3) is 0. The Balaban J connectivity index is 1.06. The number of aromatic nitrogens is 4. The lowest BCUT2D eigenvalue weighted by Crippen LogP contribution is -2.00. The van der Waals surface area contributed by atoms with Crippen molar-refractivity contribution in [1.29, 1.82) is 0 Å². The highest BCUT2D eigenvalue weighted by Gasteiger charge is 2.15. The minimum Gasteiger partial charge on any atom is -0.309 e. The van der Waals surface area contributed by atoms with Crippen LogP contribution in [0.4, 0.5) is 0 Å². The minimum atomic E-state index is 0.646. The predicted octanol–water partition coefficient (Wildman–Crippen LogP) is 12.0. The van der Waals surface area contributed by atoms with Crippen molar-refractivity contribution in [3.63, 3.8) is 0 Å². The SMILES string of the molecule is c1ccc(-c2nc(-c3cccc(-c4ccc(-n5c6ccccc6c6ccccc65)cc4)c3)nc(-c3ccc4sc5ccccc5c4c3)n2)cc1. The van der Waals surface area contributed by atoms with Gasteiger partial charge in [0.05, 0.1) is 11.0 Å². The molecule has 4 nitrogen and oxygen atoms in total. The maximum atomic E-state index is 5.09. The largest absolute Gasteiger partial charge is 0.309 e. The van der Waals surface area contributed by atoms with Gasteiger partial charge in [-0.2, -0.15) is 0 Å². The highest BCUT2D eigenvalue weighted by atomic mass is 32.1. The van der Waals surface area contributed by atoms with Crippen LogP contribution in [-0.2, 0) is 0 Å². The van der Waals surface area contributed by atoms with Crippen LogP contribution in [0.15, 0.2) is 170 Å².